The van der Waals surface area contributed by atoms with Gasteiger partial charge in [0.25, 0.3) is 0 Å². The summed E-state index contributed by atoms with van der Waals surface area (Å²) in [5.74, 6) is 1.41. The molecule has 20 heavy (non-hydrogen) atoms. The first kappa shape index (κ1) is 14.1. The van der Waals surface area contributed by atoms with Crippen LogP contribution in [0.4, 0.5) is 5.69 Å². The summed E-state index contributed by atoms with van der Waals surface area (Å²) in [5, 5.41) is 13.3. The number of aryl methyl sites for hydroxylation is 1. The van der Waals surface area contributed by atoms with Crippen LogP contribution in [0.5, 0.6) is 17.2 Å². The predicted octanol–water partition coefficient (Wildman–Crippen LogP) is 3.33. The Hall–Kier alpha value is -2.36. The molecule has 0 saturated heterocycles. The lowest BCUT2D eigenvalue weighted by atomic mass is 10.1. The summed E-state index contributed by atoms with van der Waals surface area (Å²) in [6.45, 7) is 2.51. The van der Waals surface area contributed by atoms with Crippen LogP contribution in [0.25, 0.3) is 0 Å². The summed E-state index contributed by atoms with van der Waals surface area (Å²) in [5.41, 5.74) is 2.81. The molecule has 0 fully saturated rings. The molecule has 0 spiro atoms. The van der Waals surface area contributed by atoms with Gasteiger partial charge in [0.2, 0.25) is 0 Å². The van der Waals surface area contributed by atoms with E-state index in [9.17, 15) is 5.11 Å². The van der Waals surface area contributed by atoms with Crippen molar-refractivity contribution in [2.24, 2.45) is 0 Å². The average Bonchev–Trinajstić information content (AvgIpc) is 2.46. The smallest absolute Gasteiger partial charge is 0.162 e. The number of benzene rings is 2. The standard InChI is InChI=1S/C16H19NO3/c1-11-7-8-14(19-2)13(9-11)17-10-12-5-4-6-15(20-3)16(12)18/h4-9,17-18H,10H2,1-3H3. The van der Waals surface area contributed by atoms with Crippen molar-refractivity contribution in [2.45, 2.75) is 13.5 Å². The van der Waals surface area contributed by atoms with Gasteiger partial charge in [-0.1, -0.05) is 18.2 Å². The van der Waals surface area contributed by atoms with E-state index in [-0.39, 0.29) is 5.75 Å². The van der Waals surface area contributed by atoms with E-state index in [2.05, 4.69) is 5.32 Å². The summed E-state index contributed by atoms with van der Waals surface area (Å²) in [6.07, 6.45) is 0. The highest BCUT2D eigenvalue weighted by molar-refractivity contribution is 5.59. The van der Waals surface area contributed by atoms with Crippen LogP contribution < -0.4 is 14.8 Å². The van der Waals surface area contributed by atoms with Gasteiger partial charge in [-0.05, 0) is 30.7 Å². The summed E-state index contributed by atoms with van der Waals surface area (Å²) in [7, 11) is 3.18. The number of phenolic OH excluding ortho intramolecular Hbond substituents is 1. The third-order valence-corrected chi connectivity index (χ3v) is 3.13. The van der Waals surface area contributed by atoms with Crippen molar-refractivity contribution in [3.05, 3.63) is 47.5 Å². The van der Waals surface area contributed by atoms with Gasteiger partial charge in [0, 0.05) is 12.1 Å². The van der Waals surface area contributed by atoms with Crippen molar-refractivity contribution in [3.63, 3.8) is 0 Å². The Labute approximate surface area is 119 Å². The van der Waals surface area contributed by atoms with Crippen molar-refractivity contribution >= 4 is 5.69 Å². The van der Waals surface area contributed by atoms with E-state index in [4.69, 9.17) is 9.47 Å². The number of phenols is 1. The Morgan fingerprint density at radius 2 is 1.80 bits per heavy atom. The zero-order chi connectivity index (χ0) is 14.5. The second-order valence-corrected chi connectivity index (χ2v) is 4.53. The lowest BCUT2D eigenvalue weighted by Gasteiger charge is -2.13. The van der Waals surface area contributed by atoms with Crippen LogP contribution in [-0.2, 0) is 6.54 Å². The van der Waals surface area contributed by atoms with Crippen molar-refractivity contribution < 1.29 is 14.6 Å². The van der Waals surface area contributed by atoms with Gasteiger partial charge >= 0.3 is 0 Å². The van der Waals surface area contributed by atoms with E-state index in [1.54, 1.807) is 13.2 Å². The number of methoxy groups -OCH3 is 2. The van der Waals surface area contributed by atoms with Crippen LogP contribution >= 0.6 is 0 Å². The molecule has 0 aromatic heterocycles. The van der Waals surface area contributed by atoms with Crippen LogP contribution in [0.2, 0.25) is 0 Å². The molecule has 2 N–H and O–H groups in total. The van der Waals surface area contributed by atoms with E-state index in [1.165, 1.54) is 7.11 Å². The molecule has 106 valence electrons. The Bertz CT molecular complexity index is 596. The molecule has 0 aliphatic rings. The molecular weight excluding hydrogens is 254 g/mol. The Morgan fingerprint density at radius 3 is 2.50 bits per heavy atom. The van der Waals surface area contributed by atoms with Crippen LogP contribution in [0.15, 0.2) is 36.4 Å². The first-order valence-corrected chi connectivity index (χ1v) is 6.39. The van der Waals surface area contributed by atoms with Gasteiger partial charge < -0.3 is 19.9 Å². The zero-order valence-corrected chi connectivity index (χ0v) is 11.9. The highest BCUT2D eigenvalue weighted by Crippen LogP contribution is 2.31. The van der Waals surface area contributed by atoms with Gasteiger partial charge in [-0.25, -0.2) is 0 Å². The van der Waals surface area contributed by atoms with Crippen LogP contribution in [0, 0.1) is 6.92 Å². The minimum absolute atomic E-state index is 0.161. The zero-order valence-electron chi connectivity index (χ0n) is 11.9. The summed E-state index contributed by atoms with van der Waals surface area (Å²) in [6, 6.07) is 11.4. The number of anilines is 1. The fraction of sp³-hybridized carbons (Fsp3) is 0.250. The van der Waals surface area contributed by atoms with Gasteiger partial charge in [-0.2, -0.15) is 0 Å². The molecule has 0 radical (unpaired) electrons. The molecule has 4 heteroatoms. The topological polar surface area (TPSA) is 50.7 Å². The molecule has 0 heterocycles. The van der Waals surface area contributed by atoms with Crippen LogP contribution in [0.3, 0.4) is 0 Å². The molecule has 0 aliphatic heterocycles. The molecule has 0 aliphatic carbocycles. The fourth-order valence-corrected chi connectivity index (χ4v) is 2.03. The lowest BCUT2D eigenvalue weighted by Crippen LogP contribution is -2.02. The highest BCUT2D eigenvalue weighted by atomic mass is 16.5. The average molecular weight is 273 g/mol. The van der Waals surface area contributed by atoms with E-state index in [0.29, 0.717) is 12.3 Å². The number of aromatic hydroxyl groups is 1. The number of rotatable bonds is 5. The Balaban J connectivity index is 2.19. The third kappa shape index (κ3) is 2.96. The molecule has 0 amide bonds. The largest absolute Gasteiger partial charge is 0.504 e. The summed E-state index contributed by atoms with van der Waals surface area (Å²) < 4.78 is 10.4. The third-order valence-electron chi connectivity index (χ3n) is 3.13. The van der Waals surface area contributed by atoms with E-state index in [1.807, 2.05) is 37.3 Å². The lowest BCUT2D eigenvalue weighted by molar-refractivity contribution is 0.371. The molecule has 2 aromatic carbocycles. The van der Waals surface area contributed by atoms with Crippen molar-refractivity contribution in [1.82, 2.24) is 0 Å². The van der Waals surface area contributed by atoms with Crippen molar-refractivity contribution in [2.75, 3.05) is 19.5 Å². The second-order valence-electron chi connectivity index (χ2n) is 4.53. The van der Waals surface area contributed by atoms with Gasteiger partial charge in [0.1, 0.15) is 5.75 Å². The van der Waals surface area contributed by atoms with Gasteiger partial charge in [0.05, 0.1) is 19.9 Å². The summed E-state index contributed by atoms with van der Waals surface area (Å²) in [4.78, 5) is 0. The SMILES string of the molecule is COc1ccc(C)cc1NCc1cccc(OC)c1O. The summed E-state index contributed by atoms with van der Waals surface area (Å²) >= 11 is 0. The normalized spacial score (nSPS) is 10.2. The van der Waals surface area contributed by atoms with Gasteiger partial charge in [0.15, 0.2) is 11.5 Å². The molecule has 0 unspecified atom stereocenters. The number of hydrogen-bond acceptors (Lipinski definition) is 4. The molecule has 0 atom stereocenters. The molecule has 2 rings (SSSR count). The van der Waals surface area contributed by atoms with E-state index < -0.39 is 0 Å². The first-order valence-electron chi connectivity index (χ1n) is 6.39. The quantitative estimate of drug-likeness (QED) is 0.877. The predicted molar refractivity (Wildman–Crippen MR) is 79.7 cm³/mol. The molecule has 4 nitrogen and oxygen atoms in total. The highest BCUT2D eigenvalue weighted by Gasteiger charge is 2.08. The first-order chi connectivity index (χ1) is 9.65. The Kier molecular flexibility index (Phi) is 4.35. The minimum atomic E-state index is 0.161. The number of ether oxygens (including phenoxy) is 2. The molecule has 2 aromatic rings. The maximum absolute atomic E-state index is 10.1. The fourth-order valence-electron chi connectivity index (χ4n) is 2.03. The van der Waals surface area contributed by atoms with Crippen LogP contribution in [-0.4, -0.2) is 19.3 Å². The number of para-hydroxylation sites is 1. The number of hydrogen-bond donors (Lipinski definition) is 2. The van der Waals surface area contributed by atoms with E-state index >= 15 is 0 Å². The van der Waals surface area contributed by atoms with Crippen LogP contribution in [0.1, 0.15) is 11.1 Å². The molecule has 0 bridgehead atoms. The van der Waals surface area contributed by atoms with Gasteiger partial charge in [-0.3, -0.25) is 0 Å². The van der Waals surface area contributed by atoms with Crippen molar-refractivity contribution in [3.8, 4) is 17.2 Å². The number of nitrogens with one attached hydrogen (secondary N) is 1. The molecule has 0 saturated carbocycles. The van der Waals surface area contributed by atoms with Crippen molar-refractivity contribution in [1.29, 1.82) is 0 Å². The minimum Gasteiger partial charge on any atom is -0.504 e. The second kappa shape index (κ2) is 6.19. The maximum atomic E-state index is 10.1. The Morgan fingerprint density at radius 1 is 1.05 bits per heavy atom. The molecular formula is C16H19NO3. The van der Waals surface area contributed by atoms with E-state index in [0.717, 1.165) is 22.6 Å². The van der Waals surface area contributed by atoms with Gasteiger partial charge in [-0.15, -0.1) is 0 Å². The monoisotopic (exact) mass is 273 g/mol. The maximum Gasteiger partial charge on any atom is 0.162 e.